The summed E-state index contributed by atoms with van der Waals surface area (Å²) in [4.78, 5) is 31.0. The summed E-state index contributed by atoms with van der Waals surface area (Å²) in [5, 5.41) is 9.00. The Kier molecular flexibility index (Phi) is 7.58. The molecule has 0 aromatic carbocycles. The minimum absolute atomic E-state index is 0.0254. The Morgan fingerprint density at radius 3 is 2.58 bits per heavy atom. The van der Waals surface area contributed by atoms with Gasteiger partial charge >= 0.3 is 0 Å². The molecule has 1 amide bonds. The van der Waals surface area contributed by atoms with E-state index in [4.69, 9.17) is 14.6 Å². The fraction of sp³-hybridized carbons (Fsp3) is 0.520. The summed E-state index contributed by atoms with van der Waals surface area (Å²) >= 11 is 0. The maximum absolute atomic E-state index is 13.6. The number of ether oxygens (including phenoxy) is 2. The van der Waals surface area contributed by atoms with Gasteiger partial charge < -0.3 is 29.3 Å². The average Bonchev–Trinajstić information content (AvgIpc) is 3.17. The Morgan fingerprint density at radius 2 is 1.97 bits per heavy atom. The van der Waals surface area contributed by atoms with Crippen LogP contribution in [0.1, 0.15) is 20.3 Å². The smallest absolute Gasteiger partial charge is 0.229 e. The van der Waals surface area contributed by atoms with Crippen molar-refractivity contribution in [3.05, 3.63) is 43.0 Å². The van der Waals surface area contributed by atoms with Gasteiger partial charge in [0.2, 0.25) is 17.7 Å². The van der Waals surface area contributed by atoms with E-state index < -0.39 is 5.67 Å². The quantitative estimate of drug-likeness (QED) is 0.525. The maximum Gasteiger partial charge on any atom is 0.229 e. The third-order valence-electron chi connectivity index (χ3n) is 6.15. The number of anilines is 2. The number of aliphatic hydroxyl groups excluding tert-OH is 1. The molecule has 0 radical (unpaired) electrons. The Labute approximate surface area is 210 Å². The van der Waals surface area contributed by atoms with Gasteiger partial charge in [0, 0.05) is 45.7 Å². The number of hydrogen-bond acceptors (Lipinski definition) is 9. The molecule has 1 atom stereocenters. The number of halogens is 1. The lowest BCUT2D eigenvalue weighted by atomic mass is 9.99. The van der Waals surface area contributed by atoms with E-state index in [2.05, 4.69) is 21.5 Å². The van der Waals surface area contributed by atoms with Crippen LogP contribution in [0.15, 0.2) is 43.0 Å². The molecule has 36 heavy (non-hydrogen) atoms. The standard InChI is InChI=1S/C25H33FN6O4/c1-17-21(36-20-5-6-22(27-13-20)35-16-25(2,3)26)7-8-32(17)19-11-28-24(29-12-19)31-14-18(15-31)23(34)30(4)9-10-33/h5-6,11-13,18,21,33H,1,7-10,14-16H2,2-4H3/t21-/m1/s1. The van der Waals surface area contributed by atoms with Crippen LogP contribution in [0.4, 0.5) is 16.0 Å². The van der Waals surface area contributed by atoms with Crippen molar-refractivity contribution in [2.45, 2.75) is 32.0 Å². The van der Waals surface area contributed by atoms with Crippen molar-refractivity contribution in [3.63, 3.8) is 0 Å². The van der Waals surface area contributed by atoms with E-state index >= 15 is 0 Å². The first-order chi connectivity index (χ1) is 17.1. The first-order valence-corrected chi connectivity index (χ1v) is 12.0. The van der Waals surface area contributed by atoms with Crippen molar-refractivity contribution in [1.29, 1.82) is 0 Å². The van der Waals surface area contributed by atoms with Crippen LogP contribution in [0.25, 0.3) is 0 Å². The lowest BCUT2D eigenvalue weighted by Crippen LogP contribution is -2.54. The predicted molar refractivity (Wildman–Crippen MR) is 133 cm³/mol. The third-order valence-corrected chi connectivity index (χ3v) is 6.15. The third kappa shape index (κ3) is 6.01. The number of pyridine rings is 1. The molecule has 0 spiro atoms. The molecule has 0 bridgehead atoms. The highest BCUT2D eigenvalue weighted by Gasteiger charge is 2.36. The Balaban J connectivity index is 1.28. The van der Waals surface area contributed by atoms with Crippen LogP contribution in [0.5, 0.6) is 11.6 Å². The SMILES string of the molecule is C=C1[C@H](Oc2ccc(OCC(C)(C)F)nc2)CCN1c1cnc(N2CC(C(=O)N(C)CCO)C2)nc1. The molecule has 194 valence electrons. The lowest BCUT2D eigenvalue weighted by molar-refractivity contribution is -0.135. The van der Waals surface area contributed by atoms with Gasteiger partial charge in [-0.15, -0.1) is 0 Å². The summed E-state index contributed by atoms with van der Waals surface area (Å²) in [6.07, 6.45) is 5.58. The molecule has 2 aromatic heterocycles. The summed E-state index contributed by atoms with van der Waals surface area (Å²) in [5.74, 6) is 1.42. The zero-order valence-electron chi connectivity index (χ0n) is 20.9. The molecule has 2 aliphatic rings. The number of rotatable bonds is 10. The second-order valence-corrected chi connectivity index (χ2v) is 9.70. The number of carbonyl (C=O) groups is 1. The molecule has 0 unspecified atom stereocenters. The molecule has 4 rings (SSSR count). The van der Waals surface area contributed by atoms with E-state index in [0.717, 1.165) is 17.8 Å². The summed E-state index contributed by atoms with van der Waals surface area (Å²) in [6, 6.07) is 3.40. The van der Waals surface area contributed by atoms with E-state index in [0.29, 0.717) is 43.8 Å². The molecule has 2 aliphatic heterocycles. The molecular weight excluding hydrogens is 467 g/mol. The second kappa shape index (κ2) is 10.7. The Morgan fingerprint density at radius 1 is 1.25 bits per heavy atom. The van der Waals surface area contributed by atoms with Crippen molar-refractivity contribution in [2.75, 3.05) is 56.2 Å². The minimum Gasteiger partial charge on any atom is -0.483 e. The molecule has 1 N–H and O–H groups in total. The highest BCUT2D eigenvalue weighted by molar-refractivity contribution is 5.81. The second-order valence-electron chi connectivity index (χ2n) is 9.70. The van der Waals surface area contributed by atoms with Crippen LogP contribution in [0.3, 0.4) is 0 Å². The van der Waals surface area contributed by atoms with E-state index in [1.165, 1.54) is 13.8 Å². The van der Waals surface area contributed by atoms with Crippen LogP contribution in [0, 0.1) is 5.92 Å². The Bertz CT molecular complexity index is 1050. The van der Waals surface area contributed by atoms with Gasteiger partial charge in [-0.3, -0.25) is 4.79 Å². The number of likely N-dealkylation sites (N-methyl/N-ethyl adjacent to an activating group) is 1. The lowest BCUT2D eigenvalue weighted by Gasteiger charge is -2.39. The number of hydrogen-bond donors (Lipinski definition) is 1. The van der Waals surface area contributed by atoms with Gasteiger partial charge in [-0.2, -0.15) is 0 Å². The van der Waals surface area contributed by atoms with Crippen molar-refractivity contribution in [3.8, 4) is 11.6 Å². The first-order valence-electron chi connectivity index (χ1n) is 12.0. The fourth-order valence-electron chi connectivity index (χ4n) is 4.07. The molecular formula is C25H33FN6O4. The van der Waals surface area contributed by atoms with E-state index in [-0.39, 0.29) is 31.1 Å². The molecule has 0 saturated carbocycles. The van der Waals surface area contributed by atoms with Crippen LogP contribution >= 0.6 is 0 Å². The molecule has 2 saturated heterocycles. The average molecular weight is 501 g/mol. The summed E-state index contributed by atoms with van der Waals surface area (Å²) in [6.45, 7) is 9.14. The Hall–Kier alpha value is -3.47. The molecule has 4 heterocycles. The normalized spacial score (nSPS) is 18.2. The van der Waals surface area contributed by atoms with Crippen LogP contribution in [0.2, 0.25) is 0 Å². The number of alkyl halides is 1. The van der Waals surface area contributed by atoms with Crippen molar-refractivity contribution >= 4 is 17.5 Å². The van der Waals surface area contributed by atoms with E-state index in [1.54, 1.807) is 42.7 Å². The largest absolute Gasteiger partial charge is 0.483 e. The number of carbonyl (C=O) groups excluding carboxylic acids is 1. The zero-order chi connectivity index (χ0) is 25.9. The van der Waals surface area contributed by atoms with Crippen LogP contribution in [-0.4, -0.2) is 89.1 Å². The van der Waals surface area contributed by atoms with Crippen molar-refractivity contribution in [2.24, 2.45) is 5.92 Å². The number of nitrogens with zero attached hydrogens (tertiary/aromatic N) is 6. The van der Waals surface area contributed by atoms with E-state index in [9.17, 15) is 9.18 Å². The molecule has 2 aromatic rings. The zero-order valence-corrected chi connectivity index (χ0v) is 20.9. The van der Waals surface area contributed by atoms with Gasteiger partial charge in [0.25, 0.3) is 0 Å². The van der Waals surface area contributed by atoms with Crippen molar-refractivity contribution < 1.29 is 23.8 Å². The van der Waals surface area contributed by atoms with Gasteiger partial charge in [-0.25, -0.2) is 19.3 Å². The van der Waals surface area contributed by atoms with Crippen molar-refractivity contribution in [1.82, 2.24) is 19.9 Å². The molecule has 11 heteroatoms. The number of aromatic nitrogens is 3. The fourth-order valence-corrected chi connectivity index (χ4v) is 4.07. The molecule has 0 aliphatic carbocycles. The topological polar surface area (TPSA) is 104 Å². The van der Waals surface area contributed by atoms with Crippen LogP contribution in [-0.2, 0) is 4.79 Å². The van der Waals surface area contributed by atoms with E-state index in [1.807, 2.05) is 9.80 Å². The van der Waals surface area contributed by atoms with Gasteiger partial charge in [0.1, 0.15) is 24.1 Å². The highest BCUT2D eigenvalue weighted by atomic mass is 19.1. The molecule has 2 fully saturated rings. The monoisotopic (exact) mass is 500 g/mol. The highest BCUT2D eigenvalue weighted by Crippen LogP contribution is 2.31. The number of aliphatic hydroxyl groups is 1. The van der Waals surface area contributed by atoms with Gasteiger partial charge in [-0.05, 0) is 19.9 Å². The maximum atomic E-state index is 13.6. The summed E-state index contributed by atoms with van der Waals surface area (Å²) < 4.78 is 25.0. The van der Waals surface area contributed by atoms with Gasteiger partial charge in [0.05, 0.1) is 42.5 Å². The summed E-state index contributed by atoms with van der Waals surface area (Å²) in [5.41, 5.74) is 0.187. The van der Waals surface area contributed by atoms with Gasteiger partial charge in [-0.1, -0.05) is 6.58 Å². The summed E-state index contributed by atoms with van der Waals surface area (Å²) in [7, 11) is 1.70. The first kappa shape index (κ1) is 25.6. The molecule has 10 nitrogen and oxygen atoms in total. The predicted octanol–water partition coefficient (Wildman–Crippen LogP) is 2.06. The van der Waals surface area contributed by atoms with Gasteiger partial charge in [0.15, 0.2) is 0 Å². The minimum atomic E-state index is -1.43. The van der Waals surface area contributed by atoms with Crippen LogP contribution < -0.4 is 19.3 Å². The number of amides is 1.